The van der Waals surface area contributed by atoms with Gasteiger partial charge >= 0.3 is 5.76 Å². The van der Waals surface area contributed by atoms with E-state index in [0.29, 0.717) is 5.56 Å². The molecule has 2 heterocycles. The van der Waals surface area contributed by atoms with E-state index in [1.807, 2.05) is 13.0 Å². The van der Waals surface area contributed by atoms with Gasteiger partial charge in [0.15, 0.2) is 0 Å². The van der Waals surface area contributed by atoms with Crippen LogP contribution in [0.5, 0.6) is 0 Å². The molecule has 0 amide bonds. The van der Waals surface area contributed by atoms with Crippen LogP contribution in [0.25, 0.3) is 11.5 Å². The van der Waals surface area contributed by atoms with Crippen LogP contribution in [0.3, 0.4) is 0 Å². The van der Waals surface area contributed by atoms with E-state index in [4.69, 9.17) is 4.42 Å². The summed E-state index contributed by atoms with van der Waals surface area (Å²) in [6.45, 7) is 1.90. The zero-order valence-corrected chi connectivity index (χ0v) is 6.94. The number of aryl methyl sites for hydroxylation is 1. The van der Waals surface area contributed by atoms with Crippen molar-refractivity contribution in [1.29, 1.82) is 0 Å². The van der Waals surface area contributed by atoms with Crippen LogP contribution in [0, 0.1) is 6.92 Å². The summed E-state index contributed by atoms with van der Waals surface area (Å²) in [4.78, 5) is 14.6. The van der Waals surface area contributed by atoms with Crippen LogP contribution in [0.4, 0.5) is 0 Å². The Morgan fingerprint density at radius 1 is 1.46 bits per heavy atom. The lowest BCUT2D eigenvalue weighted by Crippen LogP contribution is -1.93. The van der Waals surface area contributed by atoms with Crippen molar-refractivity contribution in [2.75, 3.05) is 0 Å². The van der Waals surface area contributed by atoms with Crippen LogP contribution in [0.15, 0.2) is 27.7 Å². The minimum atomic E-state index is -0.559. The molecule has 0 aliphatic carbocycles. The Kier molecular flexibility index (Phi) is 1.70. The predicted octanol–water partition coefficient (Wildman–Crippen LogP) is 0.733. The van der Waals surface area contributed by atoms with Gasteiger partial charge in [-0.3, -0.25) is 4.98 Å². The zero-order valence-electron chi connectivity index (χ0n) is 6.94. The van der Waals surface area contributed by atoms with Crippen LogP contribution in [0.2, 0.25) is 0 Å². The van der Waals surface area contributed by atoms with E-state index in [9.17, 15) is 4.79 Å². The standard InChI is InChI=1S/C8H7N3O2/c1-5-2-6(4-9-3-5)7-10-11-8(12)13-7/h2-4H,1H3,(H,11,12). The van der Waals surface area contributed by atoms with Crippen LogP contribution < -0.4 is 5.76 Å². The van der Waals surface area contributed by atoms with Gasteiger partial charge in [-0.2, -0.15) is 0 Å². The largest absolute Gasteiger partial charge is 0.434 e. The SMILES string of the molecule is Cc1cncc(-c2n[nH]c(=O)o2)c1. The van der Waals surface area contributed by atoms with E-state index in [-0.39, 0.29) is 5.89 Å². The molecule has 0 aliphatic heterocycles. The van der Waals surface area contributed by atoms with Crippen LogP contribution in [0.1, 0.15) is 5.56 Å². The van der Waals surface area contributed by atoms with E-state index >= 15 is 0 Å². The van der Waals surface area contributed by atoms with E-state index < -0.39 is 5.76 Å². The van der Waals surface area contributed by atoms with Gasteiger partial charge in [0.05, 0.1) is 5.56 Å². The zero-order chi connectivity index (χ0) is 9.26. The summed E-state index contributed by atoms with van der Waals surface area (Å²) in [7, 11) is 0. The highest BCUT2D eigenvalue weighted by Gasteiger charge is 2.04. The Bertz CT molecular complexity index is 472. The van der Waals surface area contributed by atoms with Crippen molar-refractivity contribution in [3.8, 4) is 11.5 Å². The Morgan fingerprint density at radius 2 is 2.31 bits per heavy atom. The normalized spacial score (nSPS) is 10.2. The van der Waals surface area contributed by atoms with Gasteiger partial charge in [0.1, 0.15) is 0 Å². The fourth-order valence-electron chi connectivity index (χ4n) is 1.03. The maximum atomic E-state index is 10.6. The molecule has 0 atom stereocenters. The van der Waals surface area contributed by atoms with Crippen LogP contribution in [-0.4, -0.2) is 15.2 Å². The second kappa shape index (κ2) is 2.85. The van der Waals surface area contributed by atoms with Crippen molar-refractivity contribution in [3.63, 3.8) is 0 Å². The quantitative estimate of drug-likeness (QED) is 0.697. The molecule has 0 aromatic carbocycles. The molecular formula is C8H7N3O2. The van der Waals surface area contributed by atoms with Crippen molar-refractivity contribution >= 4 is 0 Å². The first kappa shape index (κ1) is 7.72. The molecule has 2 aromatic heterocycles. The van der Waals surface area contributed by atoms with Crippen molar-refractivity contribution in [2.24, 2.45) is 0 Å². The first-order valence-electron chi connectivity index (χ1n) is 3.73. The van der Waals surface area contributed by atoms with Gasteiger partial charge < -0.3 is 4.42 Å². The Morgan fingerprint density at radius 3 is 2.92 bits per heavy atom. The maximum Gasteiger partial charge on any atom is 0.434 e. The number of nitrogens with zero attached hydrogens (tertiary/aromatic N) is 2. The van der Waals surface area contributed by atoms with Crippen molar-refractivity contribution in [1.82, 2.24) is 15.2 Å². The molecular weight excluding hydrogens is 170 g/mol. The highest BCUT2D eigenvalue weighted by Crippen LogP contribution is 2.13. The average molecular weight is 177 g/mol. The maximum absolute atomic E-state index is 10.6. The molecule has 0 bridgehead atoms. The molecule has 0 unspecified atom stereocenters. The second-order valence-electron chi connectivity index (χ2n) is 2.67. The van der Waals surface area contributed by atoms with E-state index in [2.05, 4.69) is 15.2 Å². The summed E-state index contributed by atoms with van der Waals surface area (Å²) >= 11 is 0. The molecule has 5 nitrogen and oxygen atoms in total. The summed E-state index contributed by atoms with van der Waals surface area (Å²) in [6, 6.07) is 1.84. The number of hydrogen-bond acceptors (Lipinski definition) is 4. The van der Waals surface area contributed by atoms with E-state index in [1.165, 1.54) is 0 Å². The number of hydrogen-bond donors (Lipinski definition) is 1. The van der Waals surface area contributed by atoms with Crippen molar-refractivity contribution in [3.05, 3.63) is 34.6 Å². The highest BCUT2D eigenvalue weighted by atomic mass is 16.4. The smallest absolute Gasteiger partial charge is 0.388 e. The Labute approximate surface area is 73.4 Å². The van der Waals surface area contributed by atoms with Gasteiger partial charge in [-0.15, -0.1) is 5.10 Å². The number of rotatable bonds is 1. The average Bonchev–Trinajstić information content (AvgIpc) is 2.52. The van der Waals surface area contributed by atoms with Gasteiger partial charge in [-0.1, -0.05) is 0 Å². The molecule has 0 saturated carbocycles. The summed E-state index contributed by atoms with van der Waals surface area (Å²) < 4.78 is 4.76. The molecule has 13 heavy (non-hydrogen) atoms. The summed E-state index contributed by atoms with van der Waals surface area (Å²) in [5, 5.41) is 5.87. The molecule has 0 fully saturated rings. The predicted molar refractivity (Wildman–Crippen MR) is 45.1 cm³/mol. The lowest BCUT2D eigenvalue weighted by atomic mass is 10.2. The first-order chi connectivity index (χ1) is 6.25. The third-order valence-electron chi connectivity index (χ3n) is 1.56. The number of pyridine rings is 1. The summed E-state index contributed by atoms with van der Waals surface area (Å²) in [6.07, 6.45) is 3.31. The molecule has 0 aliphatic rings. The third kappa shape index (κ3) is 1.48. The molecule has 1 N–H and O–H groups in total. The minimum absolute atomic E-state index is 0.265. The fraction of sp³-hybridized carbons (Fsp3) is 0.125. The van der Waals surface area contributed by atoms with Crippen LogP contribution in [-0.2, 0) is 0 Å². The van der Waals surface area contributed by atoms with Crippen molar-refractivity contribution < 1.29 is 4.42 Å². The van der Waals surface area contributed by atoms with Gasteiger partial charge in [0.25, 0.3) is 5.89 Å². The lowest BCUT2D eigenvalue weighted by molar-refractivity contribution is 0.526. The number of aromatic amines is 1. The topological polar surface area (TPSA) is 71.8 Å². The van der Waals surface area contributed by atoms with Gasteiger partial charge in [-0.25, -0.2) is 9.89 Å². The first-order valence-corrected chi connectivity index (χ1v) is 3.73. The molecule has 0 radical (unpaired) electrons. The summed E-state index contributed by atoms with van der Waals surface area (Å²) in [5.74, 6) is -0.294. The molecule has 5 heteroatoms. The molecule has 2 aromatic rings. The molecule has 0 spiro atoms. The van der Waals surface area contributed by atoms with Crippen molar-refractivity contribution in [2.45, 2.75) is 6.92 Å². The Hall–Kier alpha value is -1.91. The van der Waals surface area contributed by atoms with Crippen LogP contribution >= 0.6 is 0 Å². The highest BCUT2D eigenvalue weighted by molar-refractivity contribution is 5.51. The second-order valence-corrected chi connectivity index (χ2v) is 2.67. The van der Waals surface area contributed by atoms with Gasteiger partial charge in [-0.05, 0) is 18.6 Å². The van der Waals surface area contributed by atoms with E-state index in [0.717, 1.165) is 5.56 Å². The van der Waals surface area contributed by atoms with E-state index in [1.54, 1.807) is 12.4 Å². The summed E-state index contributed by atoms with van der Waals surface area (Å²) in [5.41, 5.74) is 1.68. The Balaban J connectivity index is 2.52. The third-order valence-corrected chi connectivity index (χ3v) is 1.56. The molecule has 66 valence electrons. The van der Waals surface area contributed by atoms with Gasteiger partial charge in [0.2, 0.25) is 0 Å². The minimum Gasteiger partial charge on any atom is -0.388 e. The number of nitrogens with one attached hydrogen (secondary N) is 1. The fourth-order valence-corrected chi connectivity index (χ4v) is 1.03. The molecule has 2 rings (SSSR count). The lowest BCUT2D eigenvalue weighted by Gasteiger charge is -1.93. The number of aromatic nitrogens is 3. The monoisotopic (exact) mass is 177 g/mol. The number of H-pyrrole nitrogens is 1. The molecule has 0 saturated heterocycles. The van der Waals surface area contributed by atoms with Gasteiger partial charge in [0, 0.05) is 12.4 Å².